The molecule has 0 radical (unpaired) electrons. The van der Waals surface area contributed by atoms with E-state index in [0.29, 0.717) is 22.3 Å². The van der Waals surface area contributed by atoms with Crippen molar-refractivity contribution in [3.05, 3.63) is 74.8 Å². The minimum Gasteiger partial charge on any atom is -0.295 e. The number of carbonyl (C=O) groups is 2. The van der Waals surface area contributed by atoms with Crippen LogP contribution in [0.4, 0.5) is 5.69 Å². The predicted molar refractivity (Wildman–Crippen MR) is 88.5 cm³/mol. The van der Waals surface area contributed by atoms with Crippen LogP contribution in [0.25, 0.3) is 12.2 Å². The second-order valence-electron chi connectivity index (χ2n) is 5.06. The highest BCUT2D eigenvalue weighted by Crippen LogP contribution is 2.22. The van der Waals surface area contributed by atoms with Crippen LogP contribution in [0.2, 0.25) is 0 Å². The molecule has 0 bridgehead atoms. The number of benzene rings is 2. The van der Waals surface area contributed by atoms with Gasteiger partial charge in [0.05, 0.1) is 10.5 Å². The second kappa shape index (κ2) is 6.79. The summed E-state index contributed by atoms with van der Waals surface area (Å²) in [5, 5.41) is 11.0. The number of hydrogen-bond donors (Lipinski definition) is 0. The Balaban J connectivity index is 2.46. The number of carbonyl (C=O) groups excluding carboxylic acids is 2. The Hall–Kier alpha value is -3.08. The maximum Gasteiger partial charge on any atom is 0.276 e. The molecule has 0 aliphatic heterocycles. The number of nitrogens with zero attached hydrogens (tertiary/aromatic N) is 1. The zero-order valence-corrected chi connectivity index (χ0v) is 12.8. The van der Waals surface area contributed by atoms with Crippen LogP contribution in [0, 0.1) is 10.1 Å². The molecule has 0 spiro atoms. The van der Waals surface area contributed by atoms with Gasteiger partial charge in [-0.1, -0.05) is 30.3 Å². The van der Waals surface area contributed by atoms with Crippen molar-refractivity contribution >= 4 is 29.4 Å². The number of ketones is 2. The van der Waals surface area contributed by atoms with Crippen molar-refractivity contribution < 1.29 is 14.5 Å². The molecule has 5 heteroatoms. The third-order valence-corrected chi connectivity index (χ3v) is 3.42. The topological polar surface area (TPSA) is 77.3 Å². The number of Topliss-reactive ketones (excluding diaryl/α,β-unsaturated/α-hetero) is 2. The van der Waals surface area contributed by atoms with Crippen molar-refractivity contribution in [2.45, 2.75) is 13.8 Å². The molecule has 0 atom stereocenters. The Kier molecular flexibility index (Phi) is 4.81. The third kappa shape index (κ3) is 3.77. The van der Waals surface area contributed by atoms with E-state index in [1.165, 1.54) is 19.9 Å². The van der Waals surface area contributed by atoms with Gasteiger partial charge in [-0.15, -0.1) is 0 Å². The van der Waals surface area contributed by atoms with Crippen LogP contribution in [0.15, 0.2) is 42.5 Å². The number of hydrogen-bond acceptors (Lipinski definition) is 4. The summed E-state index contributed by atoms with van der Waals surface area (Å²) < 4.78 is 0. The highest BCUT2D eigenvalue weighted by atomic mass is 16.6. The van der Waals surface area contributed by atoms with Crippen LogP contribution in [-0.2, 0) is 0 Å². The number of rotatable bonds is 5. The molecule has 0 saturated carbocycles. The van der Waals surface area contributed by atoms with Gasteiger partial charge in [-0.05, 0) is 37.6 Å². The molecule has 23 heavy (non-hydrogen) atoms. The average Bonchev–Trinajstić information content (AvgIpc) is 2.52. The highest BCUT2D eigenvalue weighted by molar-refractivity contribution is 6.02. The van der Waals surface area contributed by atoms with E-state index in [1.54, 1.807) is 48.6 Å². The Labute approximate surface area is 133 Å². The molecule has 0 fully saturated rings. The van der Waals surface area contributed by atoms with Crippen LogP contribution in [0.5, 0.6) is 0 Å². The summed E-state index contributed by atoms with van der Waals surface area (Å²) in [6.07, 6.45) is 3.23. The molecule has 0 saturated heterocycles. The fourth-order valence-corrected chi connectivity index (χ4v) is 2.20. The normalized spacial score (nSPS) is 10.7. The predicted octanol–water partition coefficient (Wildman–Crippen LogP) is 4.17. The maximum absolute atomic E-state index is 11.8. The summed E-state index contributed by atoms with van der Waals surface area (Å²) in [7, 11) is 0. The van der Waals surface area contributed by atoms with E-state index in [-0.39, 0.29) is 17.3 Å². The molecule has 116 valence electrons. The monoisotopic (exact) mass is 309 g/mol. The summed E-state index contributed by atoms with van der Waals surface area (Å²) in [6.45, 7) is 2.85. The lowest BCUT2D eigenvalue weighted by Gasteiger charge is -2.05. The van der Waals surface area contributed by atoms with Crippen molar-refractivity contribution in [3.63, 3.8) is 0 Å². The van der Waals surface area contributed by atoms with Crippen LogP contribution < -0.4 is 0 Å². The molecular formula is C18H15NO4. The van der Waals surface area contributed by atoms with E-state index in [2.05, 4.69) is 0 Å². The standard InChI is InChI=1S/C18H15NO4/c1-12(20)16-10-8-14(17(11-16)13(2)21)7-9-15-5-3-4-6-18(15)19(22)23/h3-11H,1-2H3/b9-7+. The zero-order valence-electron chi connectivity index (χ0n) is 12.8. The molecule has 0 aliphatic carbocycles. The first-order valence-corrected chi connectivity index (χ1v) is 6.97. The van der Waals surface area contributed by atoms with E-state index in [0.717, 1.165) is 0 Å². The largest absolute Gasteiger partial charge is 0.295 e. The van der Waals surface area contributed by atoms with Gasteiger partial charge in [0, 0.05) is 17.2 Å². The van der Waals surface area contributed by atoms with Crippen molar-refractivity contribution in [2.24, 2.45) is 0 Å². The van der Waals surface area contributed by atoms with Crippen molar-refractivity contribution in [1.82, 2.24) is 0 Å². The van der Waals surface area contributed by atoms with E-state index in [9.17, 15) is 19.7 Å². The van der Waals surface area contributed by atoms with Gasteiger partial charge in [-0.2, -0.15) is 0 Å². The highest BCUT2D eigenvalue weighted by Gasteiger charge is 2.11. The number of nitro benzene ring substituents is 1. The summed E-state index contributed by atoms with van der Waals surface area (Å²) in [5.74, 6) is -0.294. The van der Waals surface area contributed by atoms with E-state index >= 15 is 0 Å². The number of para-hydroxylation sites is 1. The lowest BCUT2D eigenvalue weighted by molar-refractivity contribution is -0.385. The Bertz CT molecular complexity index is 822. The van der Waals surface area contributed by atoms with Crippen LogP contribution >= 0.6 is 0 Å². The fraction of sp³-hybridized carbons (Fsp3) is 0.111. The quantitative estimate of drug-likeness (QED) is 0.359. The average molecular weight is 309 g/mol. The van der Waals surface area contributed by atoms with Gasteiger partial charge in [-0.3, -0.25) is 19.7 Å². The minimum atomic E-state index is -0.454. The minimum absolute atomic E-state index is 0.00604. The van der Waals surface area contributed by atoms with Crippen molar-refractivity contribution in [3.8, 4) is 0 Å². The molecule has 2 rings (SSSR count). The first-order chi connectivity index (χ1) is 10.9. The van der Waals surface area contributed by atoms with Gasteiger partial charge >= 0.3 is 0 Å². The summed E-state index contributed by atoms with van der Waals surface area (Å²) in [4.78, 5) is 33.8. The van der Waals surface area contributed by atoms with E-state index in [4.69, 9.17) is 0 Å². The molecule has 0 aliphatic rings. The summed E-state index contributed by atoms with van der Waals surface area (Å²) in [5.41, 5.74) is 1.92. The Morgan fingerprint density at radius 1 is 0.957 bits per heavy atom. The molecule has 2 aromatic carbocycles. The van der Waals surface area contributed by atoms with Crippen molar-refractivity contribution in [2.75, 3.05) is 0 Å². The van der Waals surface area contributed by atoms with Gasteiger partial charge in [-0.25, -0.2) is 0 Å². The Morgan fingerprint density at radius 2 is 1.61 bits per heavy atom. The number of nitro groups is 1. The van der Waals surface area contributed by atoms with Crippen LogP contribution in [0.3, 0.4) is 0 Å². The fourth-order valence-electron chi connectivity index (χ4n) is 2.20. The molecule has 0 aromatic heterocycles. The van der Waals surface area contributed by atoms with Gasteiger partial charge in [0.2, 0.25) is 0 Å². The molecule has 0 N–H and O–H groups in total. The van der Waals surface area contributed by atoms with E-state index < -0.39 is 4.92 Å². The molecular weight excluding hydrogens is 294 g/mol. The second-order valence-corrected chi connectivity index (χ2v) is 5.06. The summed E-state index contributed by atoms with van der Waals surface area (Å²) >= 11 is 0. The Morgan fingerprint density at radius 3 is 2.22 bits per heavy atom. The molecule has 2 aromatic rings. The first-order valence-electron chi connectivity index (χ1n) is 6.97. The lowest BCUT2D eigenvalue weighted by Crippen LogP contribution is -2.00. The third-order valence-electron chi connectivity index (χ3n) is 3.42. The van der Waals surface area contributed by atoms with Gasteiger partial charge in [0.15, 0.2) is 11.6 Å². The van der Waals surface area contributed by atoms with Crippen LogP contribution in [-0.4, -0.2) is 16.5 Å². The SMILES string of the molecule is CC(=O)c1ccc(/C=C/c2ccccc2[N+](=O)[O-])c(C(C)=O)c1. The molecule has 0 amide bonds. The molecule has 5 nitrogen and oxygen atoms in total. The lowest BCUT2D eigenvalue weighted by atomic mass is 9.98. The molecule has 0 heterocycles. The van der Waals surface area contributed by atoms with Gasteiger partial charge in [0.25, 0.3) is 5.69 Å². The van der Waals surface area contributed by atoms with E-state index in [1.807, 2.05) is 0 Å². The first kappa shape index (κ1) is 16.3. The maximum atomic E-state index is 11.8. The van der Waals surface area contributed by atoms with Crippen LogP contribution in [0.1, 0.15) is 45.7 Å². The van der Waals surface area contributed by atoms with Gasteiger partial charge in [0.1, 0.15) is 0 Å². The smallest absolute Gasteiger partial charge is 0.276 e. The van der Waals surface area contributed by atoms with Gasteiger partial charge < -0.3 is 0 Å². The molecule has 0 unspecified atom stereocenters. The summed E-state index contributed by atoms with van der Waals surface area (Å²) in [6, 6.07) is 11.2. The van der Waals surface area contributed by atoms with Crippen molar-refractivity contribution in [1.29, 1.82) is 0 Å². The zero-order chi connectivity index (χ0) is 17.0.